The molecule has 0 fully saturated rings. The van der Waals surface area contributed by atoms with Crippen LogP contribution in [0, 0.1) is 0 Å². The molecule has 0 aliphatic rings. The number of nitrogens with zero attached hydrogens (tertiary/aromatic N) is 2. The van der Waals surface area contributed by atoms with Crippen LogP contribution in [-0.4, -0.2) is 9.38 Å². The van der Waals surface area contributed by atoms with Gasteiger partial charge in [0.05, 0.1) is 0 Å². The first kappa shape index (κ1) is 12.2. The molecule has 92 valence electrons. The van der Waals surface area contributed by atoms with Crippen molar-refractivity contribution in [3.8, 4) is 0 Å². The highest BCUT2D eigenvalue weighted by atomic mass is 15.0. The lowest BCUT2D eigenvalue weighted by Crippen LogP contribution is -1.92. The van der Waals surface area contributed by atoms with E-state index in [0.29, 0.717) is 0 Å². The summed E-state index contributed by atoms with van der Waals surface area (Å²) in [5, 5.41) is 0. The molecule has 0 radical (unpaired) electrons. The number of aromatic nitrogens is 2. The number of imidazole rings is 1. The third-order valence-corrected chi connectivity index (χ3v) is 3.28. The molecular formula is C15H22N2. The van der Waals surface area contributed by atoms with Gasteiger partial charge < -0.3 is 4.40 Å². The number of hydrogen-bond acceptors (Lipinski definition) is 1. The minimum Gasteiger partial charge on any atom is -0.304 e. The number of unbranched alkanes of at least 4 members (excludes halogenated alkanes) is 5. The first-order chi connectivity index (χ1) is 8.42. The Balaban J connectivity index is 1.79. The molecule has 2 aromatic heterocycles. The fourth-order valence-electron chi connectivity index (χ4n) is 2.26. The van der Waals surface area contributed by atoms with Crippen molar-refractivity contribution in [2.75, 3.05) is 0 Å². The summed E-state index contributed by atoms with van der Waals surface area (Å²) < 4.78 is 2.20. The molecule has 17 heavy (non-hydrogen) atoms. The van der Waals surface area contributed by atoms with Crippen molar-refractivity contribution in [2.45, 2.75) is 51.9 Å². The second kappa shape index (κ2) is 6.43. The molecule has 2 heteroatoms. The van der Waals surface area contributed by atoms with Gasteiger partial charge in [0.25, 0.3) is 0 Å². The summed E-state index contributed by atoms with van der Waals surface area (Å²) >= 11 is 0. The normalized spacial score (nSPS) is 11.1. The van der Waals surface area contributed by atoms with E-state index in [1.54, 1.807) is 0 Å². The molecule has 0 aliphatic carbocycles. The number of hydrogen-bond donors (Lipinski definition) is 0. The van der Waals surface area contributed by atoms with Crippen LogP contribution < -0.4 is 0 Å². The molecule has 2 rings (SSSR count). The lowest BCUT2D eigenvalue weighted by molar-refractivity contribution is 0.604. The second-order valence-electron chi connectivity index (χ2n) is 4.70. The van der Waals surface area contributed by atoms with E-state index in [0.717, 1.165) is 12.1 Å². The average Bonchev–Trinajstić information content (AvgIpc) is 2.77. The maximum atomic E-state index is 4.41. The van der Waals surface area contributed by atoms with E-state index in [1.165, 1.54) is 44.2 Å². The van der Waals surface area contributed by atoms with E-state index < -0.39 is 0 Å². The van der Waals surface area contributed by atoms with Crippen LogP contribution in [-0.2, 0) is 6.42 Å². The molecule has 2 nitrogen and oxygen atoms in total. The predicted molar refractivity (Wildman–Crippen MR) is 72.3 cm³/mol. The van der Waals surface area contributed by atoms with Crippen molar-refractivity contribution in [3.05, 3.63) is 36.3 Å². The molecule has 2 aromatic rings. The smallest absolute Gasteiger partial charge is 0.136 e. The van der Waals surface area contributed by atoms with Gasteiger partial charge in [-0.2, -0.15) is 0 Å². The van der Waals surface area contributed by atoms with Gasteiger partial charge in [-0.05, 0) is 25.0 Å². The Kier molecular flexibility index (Phi) is 4.60. The van der Waals surface area contributed by atoms with Crippen LogP contribution in [0.3, 0.4) is 0 Å². The summed E-state index contributed by atoms with van der Waals surface area (Å²) in [5.74, 6) is 0. The standard InChI is InChI=1S/C15H22N2/c1-2-3-4-5-6-7-10-14-13-16-15-11-8-9-12-17(14)15/h8-9,11-13H,2-7,10H2,1H3. The molecule has 2 heterocycles. The SMILES string of the molecule is CCCCCCCCc1cnc2ccccn12. The zero-order valence-corrected chi connectivity index (χ0v) is 10.7. The Morgan fingerprint density at radius 1 is 1.06 bits per heavy atom. The first-order valence-corrected chi connectivity index (χ1v) is 6.83. The predicted octanol–water partition coefficient (Wildman–Crippen LogP) is 4.24. The van der Waals surface area contributed by atoms with E-state index in [2.05, 4.69) is 34.6 Å². The van der Waals surface area contributed by atoms with Crippen LogP contribution >= 0.6 is 0 Å². The number of aryl methyl sites for hydroxylation is 1. The monoisotopic (exact) mass is 230 g/mol. The summed E-state index contributed by atoms with van der Waals surface area (Å²) in [6.07, 6.45) is 13.4. The Bertz CT molecular complexity index is 445. The van der Waals surface area contributed by atoms with Gasteiger partial charge in [-0.15, -0.1) is 0 Å². The lowest BCUT2D eigenvalue weighted by Gasteiger charge is -2.02. The quantitative estimate of drug-likeness (QED) is 0.650. The van der Waals surface area contributed by atoms with Crippen molar-refractivity contribution in [1.82, 2.24) is 9.38 Å². The summed E-state index contributed by atoms with van der Waals surface area (Å²) in [7, 11) is 0. The highest BCUT2D eigenvalue weighted by Gasteiger charge is 2.01. The second-order valence-corrected chi connectivity index (χ2v) is 4.70. The van der Waals surface area contributed by atoms with E-state index in [4.69, 9.17) is 0 Å². The Morgan fingerprint density at radius 2 is 1.88 bits per heavy atom. The number of fused-ring (bicyclic) bond motifs is 1. The van der Waals surface area contributed by atoms with E-state index in [9.17, 15) is 0 Å². The van der Waals surface area contributed by atoms with Gasteiger partial charge in [-0.3, -0.25) is 0 Å². The summed E-state index contributed by atoms with van der Waals surface area (Å²) in [5.41, 5.74) is 2.41. The molecule has 0 spiro atoms. The molecule has 0 bridgehead atoms. The molecular weight excluding hydrogens is 208 g/mol. The molecule has 0 N–H and O–H groups in total. The highest BCUT2D eigenvalue weighted by molar-refractivity contribution is 5.39. The van der Waals surface area contributed by atoms with Gasteiger partial charge in [-0.1, -0.05) is 45.1 Å². The minimum absolute atomic E-state index is 1.06. The van der Waals surface area contributed by atoms with Gasteiger partial charge >= 0.3 is 0 Å². The molecule has 0 aliphatic heterocycles. The largest absolute Gasteiger partial charge is 0.304 e. The van der Waals surface area contributed by atoms with Gasteiger partial charge in [0, 0.05) is 18.1 Å². The molecule has 0 unspecified atom stereocenters. The van der Waals surface area contributed by atoms with Gasteiger partial charge in [-0.25, -0.2) is 4.98 Å². The maximum absolute atomic E-state index is 4.41. The van der Waals surface area contributed by atoms with Crippen molar-refractivity contribution < 1.29 is 0 Å². The maximum Gasteiger partial charge on any atom is 0.136 e. The summed E-state index contributed by atoms with van der Waals surface area (Å²) in [6, 6.07) is 6.17. The van der Waals surface area contributed by atoms with E-state index in [1.807, 2.05) is 12.3 Å². The Hall–Kier alpha value is -1.31. The van der Waals surface area contributed by atoms with Gasteiger partial charge in [0.15, 0.2) is 0 Å². The van der Waals surface area contributed by atoms with Crippen LogP contribution in [0.4, 0.5) is 0 Å². The van der Waals surface area contributed by atoms with Crippen LogP contribution in [0.25, 0.3) is 5.65 Å². The molecule has 0 atom stereocenters. The van der Waals surface area contributed by atoms with E-state index in [-0.39, 0.29) is 0 Å². The molecule has 0 saturated heterocycles. The van der Waals surface area contributed by atoms with Gasteiger partial charge in [0.1, 0.15) is 5.65 Å². The van der Waals surface area contributed by atoms with Crippen LogP contribution in [0.1, 0.15) is 51.1 Å². The van der Waals surface area contributed by atoms with E-state index >= 15 is 0 Å². The Labute approximate surface area is 104 Å². The van der Waals surface area contributed by atoms with Crippen molar-refractivity contribution in [1.29, 1.82) is 0 Å². The zero-order valence-electron chi connectivity index (χ0n) is 10.7. The Morgan fingerprint density at radius 3 is 2.76 bits per heavy atom. The average molecular weight is 230 g/mol. The lowest BCUT2D eigenvalue weighted by atomic mass is 10.1. The topological polar surface area (TPSA) is 17.3 Å². The fraction of sp³-hybridized carbons (Fsp3) is 0.533. The van der Waals surface area contributed by atoms with Crippen molar-refractivity contribution in [3.63, 3.8) is 0 Å². The third kappa shape index (κ3) is 3.32. The van der Waals surface area contributed by atoms with Gasteiger partial charge in [0.2, 0.25) is 0 Å². The fourth-order valence-corrected chi connectivity index (χ4v) is 2.26. The number of pyridine rings is 1. The first-order valence-electron chi connectivity index (χ1n) is 6.83. The highest BCUT2D eigenvalue weighted by Crippen LogP contribution is 2.11. The number of rotatable bonds is 7. The van der Waals surface area contributed by atoms with Crippen LogP contribution in [0.15, 0.2) is 30.6 Å². The van der Waals surface area contributed by atoms with Crippen molar-refractivity contribution >= 4 is 5.65 Å². The van der Waals surface area contributed by atoms with Crippen LogP contribution in [0.5, 0.6) is 0 Å². The van der Waals surface area contributed by atoms with Crippen molar-refractivity contribution in [2.24, 2.45) is 0 Å². The molecule has 0 amide bonds. The molecule has 0 saturated carbocycles. The molecule has 0 aromatic carbocycles. The zero-order chi connectivity index (χ0) is 11.9. The summed E-state index contributed by atoms with van der Waals surface area (Å²) in [4.78, 5) is 4.41. The van der Waals surface area contributed by atoms with Crippen LogP contribution in [0.2, 0.25) is 0 Å². The summed E-state index contributed by atoms with van der Waals surface area (Å²) in [6.45, 7) is 2.26. The third-order valence-electron chi connectivity index (χ3n) is 3.28. The minimum atomic E-state index is 1.06.